The molecule has 0 spiro atoms. The maximum absolute atomic E-state index is 6.70. The Bertz CT molecular complexity index is 2940. The van der Waals surface area contributed by atoms with E-state index in [1.807, 2.05) is 60.7 Å². The number of hydrogen-bond acceptors (Lipinski definition) is 4. The highest BCUT2D eigenvalue weighted by Crippen LogP contribution is 2.42. The number of benzene rings is 7. The van der Waals surface area contributed by atoms with E-state index in [2.05, 4.69) is 126 Å². The van der Waals surface area contributed by atoms with Crippen LogP contribution in [0.3, 0.4) is 0 Å². The van der Waals surface area contributed by atoms with Gasteiger partial charge in [0.25, 0.3) is 0 Å². The number of furan rings is 1. The molecule has 3 aromatic heterocycles. The molecular formula is C50H32N4O. The van der Waals surface area contributed by atoms with Gasteiger partial charge in [0.1, 0.15) is 11.3 Å². The summed E-state index contributed by atoms with van der Waals surface area (Å²) in [4.78, 5) is 15.0. The number of fused-ring (bicyclic) bond motifs is 6. The lowest BCUT2D eigenvalue weighted by Gasteiger charge is -2.11. The van der Waals surface area contributed by atoms with E-state index in [-0.39, 0.29) is 0 Å². The molecule has 7 aromatic carbocycles. The Hall–Kier alpha value is -7.37. The van der Waals surface area contributed by atoms with Gasteiger partial charge >= 0.3 is 0 Å². The first-order valence-electron chi connectivity index (χ1n) is 18.6. The molecule has 0 amide bonds. The van der Waals surface area contributed by atoms with Crippen molar-refractivity contribution in [3.05, 3.63) is 199 Å². The largest absolute Gasteiger partial charge is 0.460 e. The van der Waals surface area contributed by atoms with Gasteiger partial charge in [0.05, 0.1) is 11.0 Å². The third-order valence-corrected chi connectivity index (χ3v) is 10.7. The molecule has 0 saturated heterocycles. The minimum absolute atomic E-state index is 0.641. The monoisotopic (exact) mass is 704 g/mol. The van der Waals surface area contributed by atoms with Gasteiger partial charge < -0.3 is 8.98 Å². The lowest BCUT2D eigenvalue weighted by molar-refractivity contribution is 0.567. The Morgan fingerprint density at radius 2 is 0.891 bits per heavy atom. The highest BCUT2D eigenvalue weighted by Gasteiger charge is 2.27. The van der Waals surface area contributed by atoms with Crippen LogP contribution in [0.5, 0.6) is 0 Å². The molecule has 1 aliphatic carbocycles. The molecule has 0 atom stereocenters. The van der Waals surface area contributed by atoms with Crippen LogP contribution in [0.1, 0.15) is 17.1 Å². The minimum Gasteiger partial charge on any atom is -0.460 e. The summed E-state index contributed by atoms with van der Waals surface area (Å²) >= 11 is 0. The summed E-state index contributed by atoms with van der Waals surface area (Å²) in [6, 6.07) is 61.6. The molecule has 0 fully saturated rings. The summed E-state index contributed by atoms with van der Waals surface area (Å²) in [5.41, 5.74) is 12.8. The molecule has 0 radical (unpaired) electrons. The first-order chi connectivity index (χ1) is 27.2. The molecular weight excluding hydrogens is 673 g/mol. The van der Waals surface area contributed by atoms with Crippen molar-refractivity contribution in [3.63, 3.8) is 0 Å². The minimum atomic E-state index is 0.641. The van der Waals surface area contributed by atoms with Gasteiger partial charge in [-0.25, -0.2) is 15.0 Å². The van der Waals surface area contributed by atoms with Gasteiger partial charge in [-0.3, -0.25) is 0 Å². The Morgan fingerprint density at radius 3 is 1.42 bits per heavy atom. The van der Waals surface area contributed by atoms with Crippen LogP contribution in [0.25, 0.3) is 89.1 Å². The normalized spacial score (nSPS) is 12.4. The first kappa shape index (κ1) is 31.2. The Morgan fingerprint density at radius 1 is 0.418 bits per heavy atom. The van der Waals surface area contributed by atoms with Crippen molar-refractivity contribution in [1.82, 2.24) is 19.5 Å². The zero-order valence-corrected chi connectivity index (χ0v) is 29.7. The maximum Gasteiger partial charge on any atom is 0.164 e. The van der Waals surface area contributed by atoms with E-state index in [1.54, 1.807) is 0 Å². The molecule has 1 aliphatic rings. The summed E-state index contributed by atoms with van der Waals surface area (Å²) in [7, 11) is 0. The molecule has 3 heterocycles. The second-order valence-electron chi connectivity index (χ2n) is 14.0. The Kier molecular flexibility index (Phi) is 7.17. The van der Waals surface area contributed by atoms with Crippen molar-refractivity contribution in [1.29, 1.82) is 0 Å². The van der Waals surface area contributed by atoms with Crippen LogP contribution in [0.15, 0.2) is 186 Å². The molecule has 0 bridgehead atoms. The van der Waals surface area contributed by atoms with Crippen molar-refractivity contribution in [2.24, 2.45) is 0 Å². The summed E-state index contributed by atoms with van der Waals surface area (Å²) in [6.45, 7) is 0. The quantitative estimate of drug-likeness (QED) is 0.173. The SMILES string of the molecule is C1=C(c2nc(-c3ccccc3)nc(-c3ccccc3)n2)c2c(oc3cc(-n4c5cc(-c6ccccc6)ccc5c5ccc(-c6ccccc6)cc54)ccc23)C1. The van der Waals surface area contributed by atoms with Crippen LogP contribution >= 0.6 is 0 Å². The summed E-state index contributed by atoms with van der Waals surface area (Å²) in [5, 5.41) is 3.46. The van der Waals surface area contributed by atoms with Crippen LogP contribution < -0.4 is 0 Å². The van der Waals surface area contributed by atoms with Gasteiger partial charge in [-0.1, -0.05) is 152 Å². The lowest BCUT2D eigenvalue weighted by Crippen LogP contribution is -2.03. The average molecular weight is 705 g/mol. The Labute approximate surface area is 317 Å². The molecule has 55 heavy (non-hydrogen) atoms. The van der Waals surface area contributed by atoms with Gasteiger partial charge in [0, 0.05) is 56.6 Å². The van der Waals surface area contributed by atoms with Crippen LogP contribution in [0.4, 0.5) is 0 Å². The van der Waals surface area contributed by atoms with Crippen LogP contribution in [-0.2, 0) is 6.42 Å². The smallest absolute Gasteiger partial charge is 0.164 e. The van der Waals surface area contributed by atoms with Crippen molar-refractivity contribution in [2.75, 3.05) is 0 Å². The number of nitrogens with zero attached hydrogens (tertiary/aromatic N) is 4. The topological polar surface area (TPSA) is 56.7 Å². The van der Waals surface area contributed by atoms with Gasteiger partial charge in [0.2, 0.25) is 0 Å². The molecule has 0 aliphatic heterocycles. The first-order valence-corrected chi connectivity index (χ1v) is 18.6. The molecule has 10 aromatic rings. The van der Waals surface area contributed by atoms with Crippen molar-refractivity contribution in [3.8, 4) is 50.7 Å². The highest BCUT2D eigenvalue weighted by atomic mass is 16.3. The lowest BCUT2D eigenvalue weighted by atomic mass is 10.0. The fourth-order valence-corrected chi connectivity index (χ4v) is 8.06. The fourth-order valence-electron chi connectivity index (χ4n) is 8.06. The van der Waals surface area contributed by atoms with Crippen LogP contribution in [-0.4, -0.2) is 19.5 Å². The van der Waals surface area contributed by atoms with E-state index in [1.165, 1.54) is 33.0 Å². The molecule has 5 heteroatoms. The van der Waals surface area contributed by atoms with E-state index >= 15 is 0 Å². The predicted octanol–water partition coefficient (Wildman–Crippen LogP) is 12.4. The number of hydrogen-bond donors (Lipinski definition) is 0. The highest BCUT2D eigenvalue weighted by molar-refractivity contribution is 6.11. The molecule has 0 unspecified atom stereocenters. The number of aromatic nitrogens is 4. The van der Waals surface area contributed by atoms with E-state index in [0.717, 1.165) is 55.7 Å². The van der Waals surface area contributed by atoms with Crippen molar-refractivity contribution < 1.29 is 4.42 Å². The number of rotatable bonds is 6. The zero-order valence-electron chi connectivity index (χ0n) is 29.7. The molecule has 258 valence electrons. The third kappa shape index (κ3) is 5.28. The summed E-state index contributed by atoms with van der Waals surface area (Å²) in [5.74, 6) is 2.85. The molecule has 5 nitrogen and oxygen atoms in total. The third-order valence-electron chi connectivity index (χ3n) is 10.7. The molecule has 0 N–H and O–H groups in total. The van der Waals surface area contributed by atoms with E-state index in [9.17, 15) is 0 Å². The van der Waals surface area contributed by atoms with Gasteiger partial charge in [0.15, 0.2) is 17.5 Å². The van der Waals surface area contributed by atoms with Crippen LogP contribution in [0, 0.1) is 0 Å². The van der Waals surface area contributed by atoms with Crippen molar-refractivity contribution in [2.45, 2.75) is 6.42 Å². The van der Waals surface area contributed by atoms with E-state index in [4.69, 9.17) is 19.4 Å². The predicted molar refractivity (Wildman–Crippen MR) is 223 cm³/mol. The second-order valence-corrected chi connectivity index (χ2v) is 14.0. The molecule has 0 saturated carbocycles. The summed E-state index contributed by atoms with van der Waals surface area (Å²) in [6.07, 6.45) is 2.85. The van der Waals surface area contributed by atoms with Gasteiger partial charge in [-0.05, 0) is 46.5 Å². The van der Waals surface area contributed by atoms with E-state index < -0.39 is 0 Å². The summed E-state index contributed by atoms with van der Waals surface area (Å²) < 4.78 is 9.09. The number of allylic oxidation sites excluding steroid dienone is 1. The van der Waals surface area contributed by atoms with Gasteiger partial charge in [-0.15, -0.1) is 0 Å². The Balaban J connectivity index is 1.08. The van der Waals surface area contributed by atoms with Crippen LogP contribution in [0.2, 0.25) is 0 Å². The maximum atomic E-state index is 6.70. The average Bonchev–Trinajstić information content (AvgIpc) is 3.94. The standard InChI is InChI=1S/C50H32N4O/c1-5-13-32(14-6-1)36-21-24-39-40-25-22-37(33-15-7-2-8-16-33)30-44(40)54(43(39)29-36)38-23-26-41-46(31-38)55-45-28-27-42(47(41)45)50-52-48(34-17-9-3-10-18-34)51-49(53-50)35-19-11-4-12-20-35/h1-27,29-31H,28H2. The second kappa shape index (κ2) is 12.6. The van der Waals surface area contributed by atoms with Crippen molar-refractivity contribution >= 4 is 38.3 Å². The zero-order chi connectivity index (χ0) is 36.3. The molecule has 11 rings (SSSR count). The van der Waals surface area contributed by atoms with E-state index in [0.29, 0.717) is 23.9 Å². The fraction of sp³-hybridized carbons (Fsp3) is 0.0200. The van der Waals surface area contributed by atoms with Gasteiger partial charge in [-0.2, -0.15) is 0 Å².